The second-order valence-electron chi connectivity index (χ2n) is 5.20. The summed E-state index contributed by atoms with van der Waals surface area (Å²) in [6.45, 7) is 3.66. The minimum absolute atomic E-state index is 0.0995. The molecule has 2 unspecified atom stereocenters. The molecule has 1 aliphatic rings. The minimum atomic E-state index is -0.851. The summed E-state index contributed by atoms with van der Waals surface area (Å²) in [4.78, 5) is 23.8. The first-order valence-corrected chi connectivity index (χ1v) is 6.72. The SMILES string of the molecule is CCOC(=O)C1NC(=O)CC1(C)c1ccc(OC)c(F)c1. The molecule has 6 heteroatoms. The normalized spacial score (nSPS) is 24.6. The van der Waals surface area contributed by atoms with Crippen LogP contribution in [0.4, 0.5) is 4.39 Å². The predicted molar refractivity (Wildman–Crippen MR) is 73.5 cm³/mol. The van der Waals surface area contributed by atoms with Crippen molar-refractivity contribution in [2.75, 3.05) is 13.7 Å². The fourth-order valence-electron chi connectivity index (χ4n) is 2.64. The van der Waals surface area contributed by atoms with Gasteiger partial charge in [-0.15, -0.1) is 0 Å². The summed E-state index contributed by atoms with van der Waals surface area (Å²) in [6.07, 6.45) is 0.0995. The van der Waals surface area contributed by atoms with Gasteiger partial charge in [0.05, 0.1) is 13.7 Å². The molecule has 0 spiro atoms. The zero-order chi connectivity index (χ0) is 15.6. The van der Waals surface area contributed by atoms with Gasteiger partial charge in [-0.1, -0.05) is 13.0 Å². The molecule has 2 atom stereocenters. The van der Waals surface area contributed by atoms with E-state index in [2.05, 4.69) is 5.32 Å². The number of hydrogen-bond acceptors (Lipinski definition) is 4. The second kappa shape index (κ2) is 5.71. The molecule has 1 aromatic carbocycles. The summed E-state index contributed by atoms with van der Waals surface area (Å²) < 4.78 is 23.8. The number of halogens is 1. The van der Waals surface area contributed by atoms with Crippen molar-refractivity contribution in [3.8, 4) is 5.75 Å². The van der Waals surface area contributed by atoms with Crippen molar-refractivity contribution in [2.24, 2.45) is 0 Å². The van der Waals surface area contributed by atoms with Crippen molar-refractivity contribution in [1.82, 2.24) is 5.32 Å². The first kappa shape index (κ1) is 15.3. The molecule has 1 amide bonds. The fourth-order valence-corrected chi connectivity index (χ4v) is 2.64. The highest BCUT2D eigenvalue weighted by atomic mass is 19.1. The van der Waals surface area contributed by atoms with Crippen LogP contribution in [0.1, 0.15) is 25.8 Å². The van der Waals surface area contributed by atoms with Crippen LogP contribution in [0.3, 0.4) is 0 Å². The first-order valence-electron chi connectivity index (χ1n) is 6.72. The van der Waals surface area contributed by atoms with Crippen LogP contribution in [0.2, 0.25) is 0 Å². The molecule has 5 nitrogen and oxygen atoms in total. The van der Waals surface area contributed by atoms with Crippen molar-refractivity contribution < 1.29 is 23.5 Å². The lowest BCUT2D eigenvalue weighted by molar-refractivity contribution is -0.147. The third kappa shape index (κ3) is 2.70. The molecule has 114 valence electrons. The van der Waals surface area contributed by atoms with E-state index in [-0.39, 0.29) is 24.7 Å². The summed E-state index contributed by atoms with van der Waals surface area (Å²) >= 11 is 0. The van der Waals surface area contributed by atoms with Crippen LogP contribution in [-0.4, -0.2) is 31.6 Å². The maximum absolute atomic E-state index is 13.9. The van der Waals surface area contributed by atoms with Crippen LogP contribution in [0.5, 0.6) is 5.75 Å². The summed E-state index contributed by atoms with van der Waals surface area (Å²) in [7, 11) is 1.38. The zero-order valence-electron chi connectivity index (χ0n) is 12.2. The Balaban J connectivity index is 2.40. The molecule has 1 fully saturated rings. The van der Waals surface area contributed by atoms with Crippen molar-refractivity contribution in [2.45, 2.75) is 31.7 Å². The Kier molecular flexibility index (Phi) is 4.16. The number of ether oxygens (including phenoxy) is 2. The molecule has 1 aliphatic heterocycles. The Morgan fingerprint density at radius 2 is 2.24 bits per heavy atom. The molecular weight excluding hydrogens is 277 g/mol. The highest BCUT2D eigenvalue weighted by molar-refractivity contribution is 5.91. The number of rotatable bonds is 4. The van der Waals surface area contributed by atoms with Crippen LogP contribution in [0.25, 0.3) is 0 Å². The van der Waals surface area contributed by atoms with Crippen molar-refractivity contribution in [3.63, 3.8) is 0 Å². The van der Waals surface area contributed by atoms with Gasteiger partial charge >= 0.3 is 5.97 Å². The number of benzene rings is 1. The number of methoxy groups -OCH3 is 1. The van der Waals surface area contributed by atoms with E-state index >= 15 is 0 Å². The number of esters is 1. The van der Waals surface area contributed by atoms with Crippen LogP contribution in [0.15, 0.2) is 18.2 Å². The lowest BCUT2D eigenvalue weighted by atomic mass is 9.76. The van der Waals surface area contributed by atoms with Crippen LogP contribution in [-0.2, 0) is 19.7 Å². The number of nitrogens with one attached hydrogen (secondary N) is 1. The number of hydrogen-bond donors (Lipinski definition) is 1. The minimum Gasteiger partial charge on any atom is -0.494 e. The lowest BCUT2D eigenvalue weighted by Crippen LogP contribution is -2.45. The fraction of sp³-hybridized carbons (Fsp3) is 0.467. The van der Waals surface area contributed by atoms with Gasteiger partial charge in [-0.2, -0.15) is 0 Å². The maximum atomic E-state index is 13.9. The quantitative estimate of drug-likeness (QED) is 0.856. The third-order valence-electron chi connectivity index (χ3n) is 3.80. The molecule has 1 N–H and O–H groups in total. The molecule has 0 saturated carbocycles. The van der Waals surface area contributed by atoms with Gasteiger partial charge in [-0.05, 0) is 24.6 Å². The Labute approximate surface area is 122 Å². The van der Waals surface area contributed by atoms with Gasteiger partial charge in [0.25, 0.3) is 0 Å². The highest BCUT2D eigenvalue weighted by Crippen LogP contribution is 2.37. The van der Waals surface area contributed by atoms with E-state index in [9.17, 15) is 14.0 Å². The molecule has 21 heavy (non-hydrogen) atoms. The molecule has 1 heterocycles. The van der Waals surface area contributed by atoms with E-state index < -0.39 is 23.2 Å². The largest absolute Gasteiger partial charge is 0.494 e. The smallest absolute Gasteiger partial charge is 0.329 e. The molecule has 0 bridgehead atoms. The Bertz CT molecular complexity index is 575. The van der Waals surface area contributed by atoms with Gasteiger partial charge in [0.15, 0.2) is 11.6 Å². The number of carbonyl (C=O) groups is 2. The standard InChI is InChI=1S/C15H18FNO4/c1-4-21-14(19)13-15(2,8-12(18)17-13)9-5-6-11(20-3)10(16)7-9/h5-7,13H,4,8H2,1-3H3,(H,17,18). The number of amides is 1. The Hall–Kier alpha value is -2.11. The van der Waals surface area contributed by atoms with Crippen molar-refractivity contribution >= 4 is 11.9 Å². The molecule has 0 radical (unpaired) electrons. The zero-order valence-corrected chi connectivity index (χ0v) is 12.2. The van der Waals surface area contributed by atoms with Gasteiger partial charge in [0.1, 0.15) is 6.04 Å². The average molecular weight is 295 g/mol. The van der Waals surface area contributed by atoms with Gasteiger partial charge < -0.3 is 14.8 Å². The topological polar surface area (TPSA) is 64.6 Å². The van der Waals surface area contributed by atoms with E-state index in [4.69, 9.17) is 9.47 Å². The molecular formula is C15H18FNO4. The average Bonchev–Trinajstić information content (AvgIpc) is 2.75. The molecule has 2 rings (SSSR count). The van der Waals surface area contributed by atoms with Crippen LogP contribution < -0.4 is 10.1 Å². The van der Waals surface area contributed by atoms with E-state index in [1.54, 1.807) is 19.9 Å². The van der Waals surface area contributed by atoms with E-state index in [0.717, 1.165) is 0 Å². The monoisotopic (exact) mass is 295 g/mol. The van der Waals surface area contributed by atoms with Crippen LogP contribution >= 0.6 is 0 Å². The first-order chi connectivity index (χ1) is 9.92. The molecule has 0 aromatic heterocycles. The third-order valence-corrected chi connectivity index (χ3v) is 3.80. The van der Waals surface area contributed by atoms with E-state index in [0.29, 0.717) is 5.56 Å². The van der Waals surface area contributed by atoms with Crippen LogP contribution in [0, 0.1) is 5.82 Å². The Morgan fingerprint density at radius 1 is 1.52 bits per heavy atom. The van der Waals surface area contributed by atoms with Gasteiger partial charge in [-0.25, -0.2) is 9.18 Å². The van der Waals surface area contributed by atoms with Gasteiger partial charge in [0.2, 0.25) is 5.91 Å². The lowest BCUT2D eigenvalue weighted by Gasteiger charge is -2.29. The second-order valence-corrected chi connectivity index (χ2v) is 5.20. The van der Waals surface area contributed by atoms with E-state index in [1.165, 1.54) is 19.2 Å². The summed E-state index contributed by atoms with van der Waals surface area (Å²) in [5.41, 5.74) is -0.298. The summed E-state index contributed by atoms with van der Waals surface area (Å²) in [5, 5.41) is 2.61. The summed E-state index contributed by atoms with van der Waals surface area (Å²) in [6, 6.07) is 3.62. The van der Waals surface area contributed by atoms with E-state index in [1.807, 2.05) is 0 Å². The van der Waals surface area contributed by atoms with Gasteiger partial charge in [0, 0.05) is 11.8 Å². The Morgan fingerprint density at radius 3 is 2.81 bits per heavy atom. The van der Waals surface area contributed by atoms with Crippen molar-refractivity contribution in [3.05, 3.63) is 29.6 Å². The summed E-state index contributed by atoms with van der Waals surface area (Å²) in [5.74, 6) is -1.18. The molecule has 1 saturated heterocycles. The molecule has 0 aliphatic carbocycles. The number of carbonyl (C=O) groups excluding carboxylic acids is 2. The van der Waals surface area contributed by atoms with Gasteiger partial charge in [-0.3, -0.25) is 4.79 Å². The highest BCUT2D eigenvalue weighted by Gasteiger charge is 2.49. The maximum Gasteiger partial charge on any atom is 0.329 e. The van der Waals surface area contributed by atoms with Crippen molar-refractivity contribution in [1.29, 1.82) is 0 Å². The molecule has 1 aromatic rings. The predicted octanol–water partition coefficient (Wildman–Crippen LogP) is 1.54.